The number of benzene rings is 1. The number of nitriles is 1. The molecule has 1 N–H and O–H groups in total. The summed E-state index contributed by atoms with van der Waals surface area (Å²) in [6.07, 6.45) is 1.62. The van der Waals surface area contributed by atoms with Gasteiger partial charge in [-0.3, -0.25) is 4.98 Å². The second-order valence-corrected chi connectivity index (χ2v) is 6.42. The van der Waals surface area contributed by atoms with Crippen LogP contribution in [0.1, 0.15) is 22.4 Å². The molecule has 0 aliphatic heterocycles. The standard InChI is InChI=1S/C15H15N3O2S/c1-11-4-3-7-17-14(11)10-18-21(19,20)15-8-13(9-16)6-5-12(15)2/h3-8,18H,10H2,1-2H3. The summed E-state index contributed by atoms with van der Waals surface area (Å²) in [4.78, 5) is 4.27. The Hall–Kier alpha value is -2.23. The molecule has 5 nitrogen and oxygen atoms in total. The largest absolute Gasteiger partial charge is 0.260 e. The molecule has 0 bridgehead atoms. The molecule has 1 aromatic carbocycles. The summed E-state index contributed by atoms with van der Waals surface area (Å²) >= 11 is 0. The second-order valence-electron chi connectivity index (χ2n) is 4.68. The molecule has 6 heteroatoms. The minimum Gasteiger partial charge on any atom is -0.260 e. The van der Waals surface area contributed by atoms with Gasteiger partial charge in [-0.1, -0.05) is 12.1 Å². The SMILES string of the molecule is Cc1ccc(C#N)cc1S(=O)(=O)NCc1ncccc1C. The van der Waals surface area contributed by atoms with Gasteiger partial charge in [-0.25, -0.2) is 13.1 Å². The number of aromatic nitrogens is 1. The number of nitrogens with one attached hydrogen (secondary N) is 1. The molecule has 0 unspecified atom stereocenters. The van der Waals surface area contributed by atoms with E-state index in [0.29, 0.717) is 16.8 Å². The van der Waals surface area contributed by atoms with Gasteiger partial charge in [0, 0.05) is 6.20 Å². The zero-order valence-corrected chi connectivity index (χ0v) is 12.6. The Balaban J connectivity index is 2.28. The van der Waals surface area contributed by atoms with Gasteiger partial charge in [0.05, 0.1) is 28.8 Å². The fourth-order valence-electron chi connectivity index (χ4n) is 1.90. The van der Waals surface area contributed by atoms with Crippen molar-refractivity contribution in [2.45, 2.75) is 25.3 Å². The van der Waals surface area contributed by atoms with E-state index in [9.17, 15) is 8.42 Å². The van der Waals surface area contributed by atoms with Crippen LogP contribution in [0.3, 0.4) is 0 Å². The summed E-state index contributed by atoms with van der Waals surface area (Å²) in [6, 6.07) is 10.2. The fourth-order valence-corrected chi connectivity index (χ4v) is 3.16. The number of rotatable bonds is 4. The van der Waals surface area contributed by atoms with Crippen molar-refractivity contribution in [2.24, 2.45) is 0 Å². The van der Waals surface area contributed by atoms with Crippen molar-refractivity contribution >= 4 is 10.0 Å². The van der Waals surface area contributed by atoms with Crippen LogP contribution in [0, 0.1) is 25.2 Å². The van der Waals surface area contributed by atoms with E-state index in [1.54, 1.807) is 31.3 Å². The molecule has 0 radical (unpaired) electrons. The van der Waals surface area contributed by atoms with Crippen molar-refractivity contribution < 1.29 is 8.42 Å². The van der Waals surface area contributed by atoms with Crippen LogP contribution in [-0.4, -0.2) is 13.4 Å². The van der Waals surface area contributed by atoms with E-state index in [-0.39, 0.29) is 11.4 Å². The van der Waals surface area contributed by atoms with Gasteiger partial charge in [0.25, 0.3) is 0 Å². The van der Waals surface area contributed by atoms with Gasteiger partial charge in [0.15, 0.2) is 0 Å². The molecule has 2 aromatic rings. The van der Waals surface area contributed by atoms with Gasteiger partial charge in [0.1, 0.15) is 0 Å². The molecule has 0 atom stereocenters. The van der Waals surface area contributed by atoms with Crippen molar-refractivity contribution in [3.05, 3.63) is 58.9 Å². The molecular formula is C15H15N3O2S. The lowest BCUT2D eigenvalue weighted by Crippen LogP contribution is -2.25. The number of aryl methyl sites for hydroxylation is 2. The maximum absolute atomic E-state index is 12.4. The van der Waals surface area contributed by atoms with Crippen LogP contribution in [-0.2, 0) is 16.6 Å². The minimum atomic E-state index is -3.68. The highest BCUT2D eigenvalue weighted by Crippen LogP contribution is 2.17. The van der Waals surface area contributed by atoms with E-state index in [0.717, 1.165) is 5.56 Å². The van der Waals surface area contributed by atoms with Crippen LogP contribution in [0.2, 0.25) is 0 Å². The monoisotopic (exact) mass is 301 g/mol. The molecule has 0 saturated heterocycles. The molecule has 1 aromatic heterocycles. The lowest BCUT2D eigenvalue weighted by Gasteiger charge is -2.10. The topological polar surface area (TPSA) is 82.8 Å². The van der Waals surface area contributed by atoms with Crippen molar-refractivity contribution in [1.29, 1.82) is 5.26 Å². The van der Waals surface area contributed by atoms with Crippen LogP contribution in [0.5, 0.6) is 0 Å². The van der Waals surface area contributed by atoms with Crippen LogP contribution in [0.15, 0.2) is 41.4 Å². The third-order valence-corrected chi connectivity index (χ3v) is 4.70. The number of nitrogens with zero attached hydrogens (tertiary/aromatic N) is 2. The van der Waals surface area contributed by atoms with Gasteiger partial charge in [-0.2, -0.15) is 5.26 Å². The van der Waals surface area contributed by atoms with Gasteiger partial charge in [-0.05, 0) is 43.2 Å². The van der Waals surface area contributed by atoms with Crippen molar-refractivity contribution in [1.82, 2.24) is 9.71 Å². The summed E-state index contributed by atoms with van der Waals surface area (Å²) in [5.74, 6) is 0. The number of sulfonamides is 1. The van der Waals surface area contributed by atoms with Gasteiger partial charge >= 0.3 is 0 Å². The normalized spacial score (nSPS) is 11.1. The smallest absolute Gasteiger partial charge is 0.241 e. The molecule has 0 saturated carbocycles. The van der Waals surface area contributed by atoms with Crippen molar-refractivity contribution in [3.63, 3.8) is 0 Å². The lowest BCUT2D eigenvalue weighted by molar-refractivity contribution is 0.579. The molecule has 0 aliphatic carbocycles. The average molecular weight is 301 g/mol. The summed E-state index contributed by atoms with van der Waals surface area (Å²) < 4.78 is 27.2. The maximum atomic E-state index is 12.4. The van der Waals surface area contributed by atoms with Crippen LogP contribution >= 0.6 is 0 Å². The van der Waals surface area contributed by atoms with E-state index in [2.05, 4.69) is 9.71 Å². The average Bonchev–Trinajstić information content (AvgIpc) is 2.47. The van der Waals surface area contributed by atoms with E-state index < -0.39 is 10.0 Å². The Kier molecular flexibility index (Phi) is 4.36. The highest BCUT2D eigenvalue weighted by Gasteiger charge is 2.17. The Morgan fingerprint density at radius 3 is 2.67 bits per heavy atom. The molecule has 0 fully saturated rings. The first-order valence-electron chi connectivity index (χ1n) is 6.35. The molecule has 2 rings (SSSR count). The summed E-state index contributed by atoms with van der Waals surface area (Å²) in [5, 5.41) is 8.89. The summed E-state index contributed by atoms with van der Waals surface area (Å²) in [5.41, 5.74) is 2.51. The number of hydrogen-bond donors (Lipinski definition) is 1. The van der Waals surface area contributed by atoms with Gasteiger partial charge < -0.3 is 0 Å². The zero-order chi connectivity index (χ0) is 15.5. The van der Waals surface area contributed by atoms with Gasteiger partial charge in [0.2, 0.25) is 10.0 Å². The zero-order valence-electron chi connectivity index (χ0n) is 11.8. The molecule has 21 heavy (non-hydrogen) atoms. The van der Waals surface area contributed by atoms with E-state index in [1.165, 1.54) is 6.07 Å². The van der Waals surface area contributed by atoms with Crippen LogP contribution in [0.25, 0.3) is 0 Å². The quantitative estimate of drug-likeness (QED) is 0.937. The fraction of sp³-hybridized carbons (Fsp3) is 0.200. The predicted octanol–water partition coefficient (Wildman–Crippen LogP) is 2.05. The van der Waals surface area contributed by atoms with E-state index >= 15 is 0 Å². The Bertz CT molecular complexity index is 808. The van der Waals surface area contributed by atoms with Crippen molar-refractivity contribution in [2.75, 3.05) is 0 Å². The van der Waals surface area contributed by atoms with E-state index in [4.69, 9.17) is 5.26 Å². The highest BCUT2D eigenvalue weighted by atomic mass is 32.2. The Labute approximate surface area is 124 Å². The minimum absolute atomic E-state index is 0.116. The summed E-state index contributed by atoms with van der Waals surface area (Å²) in [6.45, 7) is 3.69. The van der Waals surface area contributed by atoms with Crippen molar-refractivity contribution in [3.8, 4) is 6.07 Å². The Morgan fingerprint density at radius 2 is 2.00 bits per heavy atom. The Morgan fingerprint density at radius 1 is 1.24 bits per heavy atom. The first kappa shape index (κ1) is 15.2. The lowest BCUT2D eigenvalue weighted by atomic mass is 10.2. The highest BCUT2D eigenvalue weighted by molar-refractivity contribution is 7.89. The van der Waals surface area contributed by atoms with Crippen LogP contribution in [0.4, 0.5) is 0 Å². The second kappa shape index (κ2) is 6.04. The number of hydrogen-bond acceptors (Lipinski definition) is 4. The number of pyridine rings is 1. The van der Waals surface area contributed by atoms with Gasteiger partial charge in [-0.15, -0.1) is 0 Å². The molecule has 0 aliphatic rings. The molecular weight excluding hydrogens is 286 g/mol. The third kappa shape index (κ3) is 3.45. The molecule has 108 valence electrons. The first-order chi connectivity index (χ1) is 9.94. The molecule has 0 amide bonds. The maximum Gasteiger partial charge on any atom is 0.241 e. The third-order valence-electron chi connectivity index (χ3n) is 3.15. The van der Waals surface area contributed by atoms with E-state index in [1.807, 2.05) is 19.1 Å². The first-order valence-corrected chi connectivity index (χ1v) is 7.83. The predicted molar refractivity (Wildman–Crippen MR) is 78.9 cm³/mol. The molecule has 0 spiro atoms. The molecule has 1 heterocycles. The van der Waals surface area contributed by atoms with Crippen LogP contribution < -0.4 is 4.72 Å². The summed E-state index contributed by atoms with van der Waals surface area (Å²) in [7, 11) is -3.68.